The van der Waals surface area contributed by atoms with Crippen molar-refractivity contribution in [1.82, 2.24) is 0 Å². The van der Waals surface area contributed by atoms with E-state index in [0.717, 1.165) is 35.2 Å². The molecule has 13 heavy (non-hydrogen) atoms. The molecular formula is C9H11NO2S. The fourth-order valence-corrected chi connectivity index (χ4v) is 2.16. The minimum atomic E-state index is 0.100. The molecule has 1 aliphatic rings. The molecule has 0 aromatic carbocycles. The van der Waals surface area contributed by atoms with Crippen molar-refractivity contribution in [2.24, 2.45) is 0 Å². The third kappa shape index (κ3) is 1.67. The second-order valence-corrected chi connectivity index (χ2v) is 4.04. The van der Waals surface area contributed by atoms with E-state index in [1.165, 1.54) is 11.3 Å². The normalized spacial score (nSPS) is 15.2. The molecule has 0 unspecified atom stereocenters. The van der Waals surface area contributed by atoms with E-state index in [2.05, 4.69) is 5.32 Å². The molecule has 0 bridgehead atoms. The van der Waals surface area contributed by atoms with Gasteiger partial charge in [0.15, 0.2) is 11.5 Å². The van der Waals surface area contributed by atoms with Crippen LogP contribution < -0.4 is 10.1 Å². The Morgan fingerprint density at radius 1 is 1.69 bits per heavy atom. The third-order valence-corrected chi connectivity index (χ3v) is 3.08. The zero-order valence-corrected chi connectivity index (χ0v) is 8.24. The number of carbonyl (C=O) groups excluding carboxylic acids is 1. The molecule has 70 valence electrons. The van der Waals surface area contributed by atoms with E-state index < -0.39 is 0 Å². The van der Waals surface area contributed by atoms with Crippen LogP contribution in [0.1, 0.15) is 23.0 Å². The van der Waals surface area contributed by atoms with Crippen molar-refractivity contribution < 1.29 is 9.53 Å². The Labute approximate surface area is 80.7 Å². The molecule has 4 heteroatoms. The van der Waals surface area contributed by atoms with Gasteiger partial charge in [-0.1, -0.05) is 0 Å². The summed E-state index contributed by atoms with van der Waals surface area (Å²) in [6.07, 6.45) is 1.01. The van der Waals surface area contributed by atoms with Crippen LogP contribution in [0.4, 0.5) is 5.00 Å². The van der Waals surface area contributed by atoms with Gasteiger partial charge >= 0.3 is 0 Å². The van der Waals surface area contributed by atoms with Crippen LogP contribution in [0, 0.1) is 0 Å². The highest BCUT2D eigenvalue weighted by Gasteiger charge is 2.14. The van der Waals surface area contributed by atoms with Gasteiger partial charge in [-0.05, 0) is 13.3 Å². The Morgan fingerprint density at radius 2 is 2.54 bits per heavy atom. The standard InChI is InChI=1S/C9H11NO2S/c1-6(11)8-5-7-9(13-8)10-3-2-4-12-7/h5,10H,2-4H2,1H3. The summed E-state index contributed by atoms with van der Waals surface area (Å²) in [6.45, 7) is 3.23. The van der Waals surface area contributed by atoms with E-state index in [4.69, 9.17) is 4.74 Å². The van der Waals surface area contributed by atoms with Gasteiger partial charge < -0.3 is 10.1 Å². The molecule has 1 N–H and O–H groups in total. The first-order valence-corrected chi connectivity index (χ1v) is 5.10. The first kappa shape index (κ1) is 8.56. The lowest BCUT2D eigenvalue weighted by molar-refractivity contribution is 0.102. The van der Waals surface area contributed by atoms with Crippen molar-refractivity contribution in [1.29, 1.82) is 0 Å². The molecule has 2 heterocycles. The van der Waals surface area contributed by atoms with Gasteiger partial charge in [0.2, 0.25) is 0 Å². The molecule has 1 aliphatic heterocycles. The summed E-state index contributed by atoms with van der Waals surface area (Å²) in [5.41, 5.74) is 0. The molecule has 3 nitrogen and oxygen atoms in total. The molecule has 1 aromatic rings. The number of thiophene rings is 1. The van der Waals surface area contributed by atoms with E-state index in [1.807, 2.05) is 6.07 Å². The summed E-state index contributed by atoms with van der Waals surface area (Å²) in [5, 5.41) is 4.23. The highest BCUT2D eigenvalue weighted by Crippen LogP contribution is 2.36. The summed E-state index contributed by atoms with van der Waals surface area (Å²) in [7, 11) is 0. The lowest BCUT2D eigenvalue weighted by Crippen LogP contribution is -2.00. The number of hydrogen-bond acceptors (Lipinski definition) is 4. The molecule has 0 aliphatic carbocycles. The average molecular weight is 197 g/mol. The van der Waals surface area contributed by atoms with Gasteiger partial charge in [0, 0.05) is 12.6 Å². The highest BCUT2D eigenvalue weighted by molar-refractivity contribution is 7.18. The third-order valence-electron chi connectivity index (χ3n) is 1.91. The van der Waals surface area contributed by atoms with Gasteiger partial charge in [0.25, 0.3) is 0 Å². The number of ether oxygens (including phenoxy) is 1. The maximum Gasteiger partial charge on any atom is 0.169 e. The monoisotopic (exact) mass is 197 g/mol. The first-order valence-electron chi connectivity index (χ1n) is 4.29. The highest BCUT2D eigenvalue weighted by atomic mass is 32.1. The van der Waals surface area contributed by atoms with Crippen LogP contribution in [0.15, 0.2) is 6.07 Å². The molecule has 2 rings (SSSR count). The molecular weight excluding hydrogens is 186 g/mol. The Morgan fingerprint density at radius 3 is 3.31 bits per heavy atom. The average Bonchev–Trinajstić information content (AvgIpc) is 2.38. The lowest BCUT2D eigenvalue weighted by atomic mass is 10.3. The van der Waals surface area contributed by atoms with E-state index in [9.17, 15) is 4.79 Å². The minimum absolute atomic E-state index is 0.100. The van der Waals surface area contributed by atoms with Crippen molar-refractivity contribution in [3.05, 3.63) is 10.9 Å². The van der Waals surface area contributed by atoms with Crippen molar-refractivity contribution >= 4 is 22.1 Å². The number of fused-ring (bicyclic) bond motifs is 1. The van der Waals surface area contributed by atoms with Crippen LogP contribution in [0.3, 0.4) is 0 Å². The number of Topliss-reactive ketones (excluding diaryl/α,β-unsaturated/α-hetero) is 1. The predicted octanol–water partition coefficient (Wildman–Crippen LogP) is 2.15. The van der Waals surface area contributed by atoms with Crippen molar-refractivity contribution in [2.75, 3.05) is 18.5 Å². The molecule has 0 radical (unpaired) electrons. The summed E-state index contributed by atoms with van der Waals surface area (Å²) >= 11 is 1.47. The largest absolute Gasteiger partial charge is 0.490 e. The second-order valence-electron chi connectivity index (χ2n) is 2.99. The maximum absolute atomic E-state index is 11.1. The molecule has 0 fully saturated rings. The zero-order chi connectivity index (χ0) is 9.26. The number of anilines is 1. The van der Waals surface area contributed by atoms with Gasteiger partial charge in [-0.3, -0.25) is 4.79 Å². The van der Waals surface area contributed by atoms with Crippen LogP contribution in [0.5, 0.6) is 5.75 Å². The summed E-state index contributed by atoms with van der Waals surface area (Å²) in [5.74, 6) is 0.927. The number of hydrogen-bond donors (Lipinski definition) is 1. The van der Waals surface area contributed by atoms with E-state index >= 15 is 0 Å². The maximum atomic E-state index is 11.1. The van der Waals surface area contributed by atoms with E-state index in [-0.39, 0.29) is 5.78 Å². The quantitative estimate of drug-likeness (QED) is 0.701. The minimum Gasteiger partial charge on any atom is -0.490 e. The number of ketones is 1. The van der Waals surface area contributed by atoms with Crippen LogP contribution in [0.2, 0.25) is 0 Å². The Kier molecular flexibility index (Phi) is 2.22. The van der Waals surface area contributed by atoms with E-state index in [0.29, 0.717) is 0 Å². The van der Waals surface area contributed by atoms with E-state index in [1.54, 1.807) is 6.92 Å². The molecule has 0 saturated carbocycles. The summed E-state index contributed by atoms with van der Waals surface area (Å²) in [6, 6.07) is 1.82. The van der Waals surface area contributed by atoms with Gasteiger partial charge in [-0.25, -0.2) is 0 Å². The fourth-order valence-electron chi connectivity index (χ4n) is 1.23. The van der Waals surface area contributed by atoms with Crippen LogP contribution in [0.25, 0.3) is 0 Å². The summed E-state index contributed by atoms with van der Waals surface area (Å²) in [4.78, 5) is 11.8. The molecule has 0 atom stereocenters. The zero-order valence-electron chi connectivity index (χ0n) is 7.42. The summed E-state index contributed by atoms with van der Waals surface area (Å²) < 4.78 is 5.47. The Bertz CT molecular complexity index is 309. The Hall–Kier alpha value is -1.03. The van der Waals surface area contributed by atoms with Crippen molar-refractivity contribution in [3.8, 4) is 5.75 Å². The molecule has 0 amide bonds. The van der Waals surface area contributed by atoms with Crippen LogP contribution in [-0.2, 0) is 0 Å². The predicted molar refractivity (Wildman–Crippen MR) is 52.9 cm³/mol. The SMILES string of the molecule is CC(=O)c1cc2c(s1)NCCCO2. The van der Waals surface area contributed by atoms with Gasteiger partial charge in [0.05, 0.1) is 11.5 Å². The van der Waals surface area contributed by atoms with Gasteiger partial charge in [0.1, 0.15) is 5.00 Å². The lowest BCUT2D eigenvalue weighted by Gasteiger charge is -1.98. The molecule has 0 saturated heterocycles. The molecule has 0 spiro atoms. The number of carbonyl (C=O) groups is 1. The topological polar surface area (TPSA) is 38.3 Å². The number of rotatable bonds is 1. The first-order chi connectivity index (χ1) is 6.27. The van der Waals surface area contributed by atoms with Crippen LogP contribution in [-0.4, -0.2) is 18.9 Å². The van der Waals surface area contributed by atoms with Crippen LogP contribution >= 0.6 is 11.3 Å². The van der Waals surface area contributed by atoms with Gasteiger partial charge in [-0.15, -0.1) is 11.3 Å². The number of nitrogens with one attached hydrogen (secondary N) is 1. The van der Waals surface area contributed by atoms with Crippen molar-refractivity contribution in [2.45, 2.75) is 13.3 Å². The molecule has 1 aromatic heterocycles. The second kappa shape index (κ2) is 3.38. The Balaban J connectivity index is 2.32. The fraction of sp³-hybridized carbons (Fsp3) is 0.444. The van der Waals surface area contributed by atoms with Crippen molar-refractivity contribution in [3.63, 3.8) is 0 Å². The van der Waals surface area contributed by atoms with Gasteiger partial charge in [-0.2, -0.15) is 0 Å². The smallest absolute Gasteiger partial charge is 0.169 e.